The van der Waals surface area contributed by atoms with Gasteiger partial charge < -0.3 is 15.0 Å². The summed E-state index contributed by atoms with van der Waals surface area (Å²) < 4.78 is 2.31. The number of rotatable bonds is 11. The molecule has 0 radical (unpaired) electrons. The fourth-order valence-corrected chi connectivity index (χ4v) is 4.78. The number of amides is 1. The molecule has 1 aromatic carbocycles. The molecule has 0 saturated carbocycles. The third-order valence-electron chi connectivity index (χ3n) is 6.18. The molecule has 2 heterocycles. The number of carboxylic acids is 1. The number of nitrogens with one attached hydrogen (secondary N) is 1. The number of carboxylic acid groups (broad SMARTS) is 1. The quantitative estimate of drug-likeness (QED) is 0.390. The van der Waals surface area contributed by atoms with Crippen LogP contribution >= 0.6 is 11.3 Å². The van der Waals surface area contributed by atoms with E-state index in [-0.39, 0.29) is 11.8 Å². The van der Waals surface area contributed by atoms with E-state index >= 15 is 0 Å². The fraction of sp³-hybridized carbons (Fsp3) is 0.480. The number of imidazole rings is 1. The standard InChI is InChI=1S/C25H33N3O3S/c1-5-16(4)13-21(25(30)31)27-24(29)17-10-11-22-20(14-17)26-23(15-19-9-8-12-32-19)28(22)18(6-2)7-3/h8-12,14,16,18,21H,5-7,13,15H2,1-4H3,(H,27,29)(H,30,31)/t16?,21-/m0/s1. The molecule has 0 aliphatic carbocycles. The summed E-state index contributed by atoms with van der Waals surface area (Å²) in [5.74, 6) is -0.168. The molecule has 2 aromatic heterocycles. The number of carbonyl (C=O) groups is 2. The Morgan fingerprint density at radius 1 is 1.16 bits per heavy atom. The van der Waals surface area contributed by atoms with Gasteiger partial charge in [-0.1, -0.05) is 40.2 Å². The minimum Gasteiger partial charge on any atom is -0.480 e. The van der Waals surface area contributed by atoms with Gasteiger partial charge in [-0.15, -0.1) is 11.3 Å². The van der Waals surface area contributed by atoms with Crippen molar-refractivity contribution in [2.75, 3.05) is 0 Å². The van der Waals surface area contributed by atoms with Crippen molar-refractivity contribution in [3.8, 4) is 0 Å². The lowest BCUT2D eigenvalue weighted by Crippen LogP contribution is -2.41. The van der Waals surface area contributed by atoms with Gasteiger partial charge in [0.25, 0.3) is 5.91 Å². The van der Waals surface area contributed by atoms with Gasteiger partial charge in [0.1, 0.15) is 11.9 Å². The number of hydrogen-bond donors (Lipinski definition) is 2. The van der Waals surface area contributed by atoms with Crippen LogP contribution in [0.2, 0.25) is 0 Å². The SMILES string of the molecule is CCC(C)C[C@H](NC(=O)c1ccc2c(c1)nc(Cc1cccs1)n2C(CC)CC)C(=O)O. The van der Waals surface area contributed by atoms with E-state index in [4.69, 9.17) is 4.98 Å². The molecule has 3 rings (SSSR count). The Hall–Kier alpha value is -2.67. The fourth-order valence-electron chi connectivity index (χ4n) is 4.08. The van der Waals surface area contributed by atoms with Gasteiger partial charge >= 0.3 is 5.97 Å². The van der Waals surface area contributed by atoms with Crippen LogP contribution in [0.1, 0.15) is 80.5 Å². The van der Waals surface area contributed by atoms with Crippen molar-refractivity contribution in [2.45, 2.75) is 71.9 Å². The summed E-state index contributed by atoms with van der Waals surface area (Å²) in [7, 11) is 0. The van der Waals surface area contributed by atoms with Gasteiger partial charge in [-0.05, 0) is 54.8 Å². The first-order valence-corrected chi connectivity index (χ1v) is 12.3. The van der Waals surface area contributed by atoms with Crippen LogP contribution < -0.4 is 5.32 Å². The third-order valence-corrected chi connectivity index (χ3v) is 7.06. The lowest BCUT2D eigenvalue weighted by molar-refractivity contribution is -0.139. The van der Waals surface area contributed by atoms with Crippen LogP contribution in [0.4, 0.5) is 0 Å². The second-order valence-electron chi connectivity index (χ2n) is 8.44. The minimum absolute atomic E-state index is 0.217. The Labute approximate surface area is 193 Å². The predicted molar refractivity (Wildman–Crippen MR) is 129 cm³/mol. The second-order valence-corrected chi connectivity index (χ2v) is 9.47. The largest absolute Gasteiger partial charge is 0.480 e. The number of thiophene rings is 1. The van der Waals surface area contributed by atoms with Crippen molar-refractivity contribution in [1.82, 2.24) is 14.9 Å². The molecule has 3 aromatic rings. The molecule has 2 atom stereocenters. The van der Waals surface area contributed by atoms with Crippen molar-refractivity contribution < 1.29 is 14.7 Å². The molecule has 172 valence electrons. The molecule has 0 saturated heterocycles. The number of hydrogen-bond acceptors (Lipinski definition) is 4. The summed E-state index contributed by atoms with van der Waals surface area (Å²) in [5, 5.41) is 14.3. The Kier molecular flexibility index (Phi) is 8.07. The lowest BCUT2D eigenvalue weighted by atomic mass is 9.99. The summed E-state index contributed by atoms with van der Waals surface area (Å²) >= 11 is 1.71. The number of fused-ring (bicyclic) bond motifs is 1. The molecule has 6 nitrogen and oxygen atoms in total. The van der Waals surface area contributed by atoms with Crippen LogP contribution in [0.25, 0.3) is 11.0 Å². The number of aromatic nitrogens is 2. The highest BCUT2D eigenvalue weighted by molar-refractivity contribution is 7.09. The maximum absolute atomic E-state index is 12.9. The summed E-state index contributed by atoms with van der Waals surface area (Å²) in [6.07, 6.45) is 4.02. The van der Waals surface area contributed by atoms with E-state index in [2.05, 4.69) is 35.2 Å². The minimum atomic E-state index is -1.00. The van der Waals surface area contributed by atoms with Gasteiger partial charge in [0, 0.05) is 22.9 Å². The van der Waals surface area contributed by atoms with Crippen LogP contribution in [0.3, 0.4) is 0 Å². The van der Waals surface area contributed by atoms with E-state index in [9.17, 15) is 14.7 Å². The molecule has 32 heavy (non-hydrogen) atoms. The highest BCUT2D eigenvalue weighted by Crippen LogP contribution is 2.28. The molecule has 1 amide bonds. The van der Waals surface area contributed by atoms with Gasteiger partial charge in [-0.25, -0.2) is 9.78 Å². The molecule has 0 bridgehead atoms. The van der Waals surface area contributed by atoms with Gasteiger partial charge in [-0.2, -0.15) is 0 Å². The Morgan fingerprint density at radius 3 is 2.50 bits per heavy atom. The number of benzene rings is 1. The third kappa shape index (κ3) is 5.38. The first kappa shape index (κ1) is 24.0. The first-order chi connectivity index (χ1) is 15.4. The zero-order valence-corrected chi connectivity index (χ0v) is 20.1. The topological polar surface area (TPSA) is 84.2 Å². The Bertz CT molecular complexity index is 1050. The lowest BCUT2D eigenvalue weighted by Gasteiger charge is -2.19. The van der Waals surface area contributed by atoms with Gasteiger partial charge in [0.2, 0.25) is 0 Å². The maximum atomic E-state index is 12.9. The number of carbonyl (C=O) groups excluding carboxylic acids is 1. The van der Waals surface area contributed by atoms with Crippen molar-refractivity contribution in [1.29, 1.82) is 0 Å². The molecule has 0 fully saturated rings. The van der Waals surface area contributed by atoms with E-state index in [1.807, 2.05) is 26.0 Å². The van der Waals surface area contributed by atoms with E-state index in [0.717, 1.165) is 42.5 Å². The maximum Gasteiger partial charge on any atom is 0.326 e. The van der Waals surface area contributed by atoms with E-state index < -0.39 is 12.0 Å². The van der Waals surface area contributed by atoms with Crippen LogP contribution in [0.5, 0.6) is 0 Å². The normalized spacial score (nSPS) is 13.4. The average Bonchev–Trinajstić information content (AvgIpc) is 3.41. The van der Waals surface area contributed by atoms with Crippen molar-refractivity contribution in [2.24, 2.45) is 5.92 Å². The molecule has 0 spiro atoms. The molecule has 1 unspecified atom stereocenters. The molecular weight excluding hydrogens is 422 g/mol. The van der Waals surface area contributed by atoms with Crippen LogP contribution in [0, 0.1) is 5.92 Å². The van der Waals surface area contributed by atoms with Gasteiger partial charge in [0.05, 0.1) is 11.0 Å². The zero-order valence-electron chi connectivity index (χ0n) is 19.3. The average molecular weight is 456 g/mol. The van der Waals surface area contributed by atoms with Crippen molar-refractivity contribution in [3.63, 3.8) is 0 Å². The molecular formula is C25H33N3O3S. The number of aliphatic carboxylic acids is 1. The summed E-state index contributed by atoms with van der Waals surface area (Å²) in [4.78, 5) is 30.6. The van der Waals surface area contributed by atoms with Crippen molar-refractivity contribution >= 4 is 34.2 Å². The van der Waals surface area contributed by atoms with Crippen LogP contribution in [0.15, 0.2) is 35.7 Å². The van der Waals surface area contributed by atoms with Crippen LogP contribution in [-0.2, 0) is 11.2 Å². The molecule has 0 aliphatic heterocycles. The van der Waals surface area contributed by atoms with E-state index in [1.165, 1.54) is 4.88 Å². The predicted octanol–water partition coefficient (Wildman–Crippen LogP) is 5.67. The Balaban J connectivity index is 1.93. The summed E-state index contributed by atoms with van der Waals surface area (Å²) in [6, 6.07) is 9.09. The highest BCUT2D eigenvalue weighted by Gasteiger charge is 2.24. The first-order valence-electron chi connectivity index (χ1n) is 11.4. The summed E-state index contributed by atoms with van der Waals surface area (Å²) in [5.41, 5.74) is 2.21. The smallest absolute Gasteiger partial charge is 0.326 e. The van der Waals surface area contributed by atoms with E-state index in [1.54, 1.807) is 23.5 Å². The second kappa shape index (κ2) is 10.8. The van der Waals surface area contributed by atoms with E-state index in [0.29, 0.717) is 18.0 Å². The summed E-state index contributed by atoms with van der Waals surface area (Å²) in [6.45, 7) is 8.37. The number of nitrogens with zero attached hydrogens (tertiary/aromatic N) is 2. The zero-order chi connectivity index (χ0) is 23.3. The highest BCUT2D eigenvalue weighted by atomic mass is 32.1. The molecule has 7 heteroatoms. The van der Waals surface area contributed by atoms with Crippen LogP contribution in [-0.4, -0.2) is 32.6 Å². The van der Waals surface area contributed by atoms with Crippen molar-refractivity contribution in [3.05, 3.63) is 52.0 Å². The monoisotopic (exact) mass is 455 g/mol. The molecule has 0 aliphatic rings. The van der Waals surface area contributed by atoms with Gasteiger partial charge in [0.15, 0.2) is 0 Å². The molecule has 2 N–H and O–H groups in total. The Morgan fingerprint density at radius 2 is 1.91 bits per heavy atom. The van der Waals surface area contributed by atoms with Gasteiger partial charge in [-0.3, -0.25) is 4.79 Å².